The molecule has 3 N–H and O–H groups in total. The number of halogens is 1. The monoisotopic (exact) mass is 340 g/mol. The lowest BCUT2D eigenvalue weighted by molar-refractivity contribution is -0.126. The molecule has 2 heterocycles. The lowest BCUT2D eigenvalue weighted by Crippen LogP contribution is -2.47. The van der Waals surface area contributed by atoms with Gasteiger partial charge in [-0.25, -0.2) is 4.98 Å². The highest BCUT2D eigenvalue weighted by Crippen LogP contribution is 2.22. The summed E-state index contributed by atoms with van der Waals surface area (Å²) in [6, 6.07) is -0.691. The molecule has 0 radical (unpaired) electrons. The molecule has 2 aromatic heterocycles. The Bertz CT molecular complexity index is 722. The zero-order valence-corrected chi connectivity index (χ0v) is 13.8. The number of rotatable bonds is 6. The second-order valence-corrected chi connectivity index (χ2v) is 6.18. The van der Waals surface area contributed by atoms with Crippen molar-refractivity contribution in [2.75, 3.05) is 0 Å². The first-order valence-corrected chi connectivity index (χ1v) is 8.08. The molecule has 2 aromatic rings. The van der Waals surface area contributed by atoms with Crippen LogP contribution in [0.15, 0.2) is 17.7 Å². The van der Waals surface area contributed by atoms with Crippen LogP contribution in [0.25, 0.3) is 11.0 Å². The van der Waals surface area contributed by atoms with E-state index in [1.54, 1.807) is 10.5 Å². The summed E-state index contributed by atoms with van der Waals surface area (Å²) in [5.41, 5.74) is 5.94. The number of nitrogens with one attached hydrogen (secondary N) is 1. The quantitative estimate of drug-likeness (QED) is 0.789. The average Bonchev–Trinajstić information content (AvgIpc) is 3.02. The van der Waals surface area contributed by atoms with Crippen LogP contribution in [0.2, 0.25) is 5.15 Å². The number of aromatic nitrogens is 2. The Morgan fingerprint density at radius 3 is 2.95 bits per heavy atom. The summed E-state index contributed by atoms with van der Waals surface area (Å²) >= 11 is 7.49. The molecule has 0 aromatic carbocycles. The molecule has 0 saturated heterocycles. The van der Waals surface area contributed by atoms with Crippen LogP contribution in [0.1, 0.15) is 26.0 Å². The molecule has 0 aliphatic carbocycles. The van der Waals surface area contributed by atoms with E-state index in [1.807, 2.05) is 25.4 Å². The molecular formula is C14H17ClN4O2S. The van der Waals surface area contributed by atoms with E-state index < -0.39 is 17.9 Å². The normalized spacial score (nSPS) is 14.3. The van der Waals surface area contributed by atoms with E-state index in [0.717, 1.165) is 11.4 Å². The minimum Gasteiger partial charge on any atom is -0.368 e. The van der Waals surface area contributed by atoms with E-state index in [1.165, 1.54) is 17.4 Å². The molecule has 8 heteroatoms. The Kier molecular flexibility index (Phi) is 5.20. The first-order chi connectivity index (χ1) is 10.4. The summed E-state index contributed by atoms with van der Waals surface area (Å²) in [4.78, 5) is 28.3. The fraction of sp³-hybridized carbons (Fsp3) is 0.357. The molecule has 118 valence electrons. The number of primary amides is 1. The second-order valence-electron chi connectivity index (χ2n) is 4.95. The standard InChI is InChI=1S/C14H17ClN4O2S/c1-3-8(2)11(13(16)21)17-10(20)5-4-9-12(15)18-14-19(9)6-7-22-14/h4-8,11H,3H2,1-2H3,(H2,16,21)(H,17,20). The number of carbonyl (C=O) groups is 2. The predicted octanol–water partition coefficient (Wildman–Crippen LogP) is 2.08. The van der Waals surface area contributed by atoms with Crippen molar-refractivity contribution < 1.29 is 9.59 Å². The van der Waals surface area contributed by atoms with Gasteiger partial charge in [0.25, 0.3) is 0 Å². The van der Waals surface area contributed by atoms with Crippen molar-refractivity contribution in [1.29, 1.82) is 0 Å². The summed E-state index contributed by atoms with van der Waals surface area (Å²) in [5.74, 6) is -0.971. The number of imidazole rings is 1. The zero-order chi connectivity index (χ0) is 16.3. The fourth-order valence-corrected chi connectivity index (χ4v) is 3.02. The van der Waals surface area contributed by atoms with E-state index in [4.69, 9.17) is 17.3 Å². The van der Waals surface area contributed by atoms with Crippen molar-refractivity contribution in [3.63, 3.8) is 0 Å². The van der Waals surface area contributed by atoms with Gasteiger partial charge in [0, 0.05) is 17.7 Å². The third-order valence-electron chi connectivity index (χ3n) is 3.46. The molecule has 0 spiro atoms. The van der Waals surface area contributed by atoms with Crippen LogP contribution >= 0.6 is 22.9 Å². The van der Waals surface area contributed by atoms with Gasteiger partial charge in [0.2, 0.25) is 11.8 Å². The molecule has 6 nitrogen and oxygen atoms in total. The number of amides is 2. The van der Waals surface area contributed by atoms with Crippen molar-refractivity contribution in [1.82, 2.24) is 14.7 Å². The van der Waals surface area contributed by atoms with Gasteiger partial charge in [-0.05, 0) is 12.0 Å². The molecule has 0 bridgehead atoms. The van der Waals surface area contributed by atoms with Gasteiger partial charge in [0.1, 0.15) is 6.04 Å². The van der Waals surface area contributed by atoms with Crippen LogP contribution < -0.4 is 11.1 Å². The topological polar surface area (TPSA) is 89.5 Å². The molecule has 2 rings (SSSR count). The van der Waals surface area contributed by atoms with E-state index in [9.17, 15) is 9.59 Å². The Morgan fingerprint density at radius 1 is 1.59 bits per heavy atom. The van der Waals surface area contributed by atoms with Crippen molar-refractivity contribution in [2.24, 2.45) is 11.7 Å². The third-order valence-corrected chi connectivity index (χ3v) is 4.50. The highest BCUT2D eigenvalue weighted by molar-refractivity contribution is 7.15. The van der Waals surface area contributed by atoms with Crippen LogP contribution in [0, 0.1) is 5.92 Å². The van der Waals surface area contributed by atoms with Crippen molar-refractivity contribution in [2.45, 2.75) is 26.3 Å². The van der Waals surface area contributed by atoms with Gasteiger partial charge < -0.3 is 11.1 Å². The minimum absolute atomic E-state index is 0.0306. The molecule has 2 unspecified atom stereocenters. The van der Waals surface area contributed by atoms with Gasteiger partial charge in [-0.3, -0.25) is 14.0 Å². The molecule has 0 aliphatic rings. The Hall–Kier alpha value is -1.86. The lowest BCUT2D eigenvalue weighted by atomic mass is 9.98. The van der Waals surface area contributed by atoms with Crippen LogP contribution in [0.3, 0.4) is 0 Å². The summed E-state index contributed by atoms with van der Waals surface area (Å²) < 4.78 is 1.79. The molecule has 0 saturated carbocycles. The van der Waals surface area contributed by atoms with Gasteiger partial charge in [0.05, 0.1) is 5.69 Å². The Morgan fingerprint density at radius 2 is 2.32 bits per heavy atom. The van der Waals surface area contributed by atoms with Crippen LogP contribution in [0.4, 0.5) is 0 Å². The largest absolute Gasteiger partial charge is 0.368 e. The van der Waals surface area contributed by atoms with Crippen LogP contribution in [-0.2, 0) is 9.59 Å². The van der Waals surface area contributed by atoms with E-state index >= 15 is 0 Å². The number of hydrogen-bond acceptors (Lipinski definition) is 4. The third kappa shape index (κ3) is 3.48. The van der Waals surface area contributed by atoms with Gasteiger partial charge in [-0.1, -0.05) is 31.9 Å². The molecular weight excluding hydrogens is 324 g/mol. The average molecular weight is 341 g/mol. The number of hydrogen-bond donors (Lipinski definition) is 2. The van der Waals surface area contributed by atoms with E-state index in [0.29, 0.717) is 10.8 Å². The van der Waals surface area contributed by atoms with Crippen molar-refractivity contribution >= 4 is 45.8 Å². The summed E-state index contributed by atoms with van der Waals surface area (Å²) in [6.45, 7) is 3.80. The SMILES string of the molecule is CCC(C)C(NC(=O)C=Cc1c(Cl)nc2sccn12)C(N)=O. The molecule has 2 atom stereocenters. The maximum Gasteiger partial charge on any atom is 0.244 e. The van der Waals surface area contributed by atoms with Crippen LogP contribution in [0.5, 0.6) is 0 Å². The maximum atomic E-state index is 12.0. The molecule has 22 heavy (non-hydrogen) atoms. The first-order valence-electron chi connectivity index (χ1n) is 6.83. The second kappa shape index (κ2) is 6.93. The Labute approximate surface area is 137 Å². The Balaban J connectivity index is 2.12. The zero-order valence-electron chi connectivity index (χ0n) is 12.2. The van der Waals surface area contributed by atoms with Crippen molar-refractivity contribution in [3.8, 4) is 0 Å². The van der Waals surface area contributed by atoms with Gasteiger partial charge in [-0.2, -0.15) is 0 Å². The van der Waals surface area contributed by atoms with E-state index in [2.05, 4.69) is 10.3 Å². The lowest BCUT2D eigenvalue weighted by Gasteiger charge is -2.20. The highest BCUT2D eigenvalue weighted by Gasteiger charge is 2.22. The molecule has 2 amide bonds. The van der Waals surface area contributed by atoms with Gasteiger partial charge in [0.15, 0.2) is 10.1 Å². The summed E-state index contributed by atoms with van der Waals surface area (Å²) in [5, 5.41) is 4.82. The summed E-state index contributed by atoms with van der Waals surface area (Å²) in [6.07, 6.45) is 5.45. The molecule has 0 aliphatic heterocycles. The van der Waals surface area contributed by atoms with Crippen molar-refractivity contribution in [3.05, 3.63) is 28.5 Å². The number of nitrogens with two attached hydrogens (primary N) is 1. The predicted molar refractivity (Wildman–Crippen MR) is 87.7 cm³/mol. The number of fused-ring (bicyclic) bond motifs is 1. The number of nitrogens with zero attached hydrogens (tertiary/aromatic N) is 2. The first kappa shape index (κ1) is 16.5. The highest BCUT2D eigenvalue weighted by atomic mass is 35.5. The van der Waals surface area contributed by atoms with Crippen LogP contribution in [-0.4, -0.2) is 27.2 Å². The van der Waals surface area contributed by atoms with Gasteiger partial charge in [-0.15, -0.1) is 11.3 Å². The minimum atomic E-state index is -0.691. The fourth-order valence-electron chi connectivity index (χ4n) is 2.01. The number of thiazole rings is 1. The maximum absolute atomic E-state index is 12.0. The van der Waals surface area contributed by atoms with E-state index in [-0.39, 0.29) is 5.92 Å². The number of carbonyl (C=O) groups excluding carboxylic acids is 2. The molecule has 0 fully saturated rings. The van der Waals surface area contributed by atoms with Gasteiger partial charge >= 0.3 is 0 Å². The summed E-state index contributed by atoms with van der Waals surface area (Å²) in [7, 11) is 0. The smallest absolute Gasteiger partial charge is 0.244 e.